The molecule has 2 aliphatic heterocycles. The van der Waals surface area contributed by atoms with Gasteiger partial charge >= 0.3 is 5.97 Å². The molecular weight excluding hydrogens is 484 g/mol. The summed E-state index contributed by atoms with van der Waals surface area (Å²) in [5.41, 5.74) is 4.01. The zero-order valence-electron chi connectivity index (χ0n) is 23.1. The summed E-state index contributed by atoms with van der Waals surface area (Å²) in [5.74, 6) is 0.570. The van der Waals surface area contributed by atoms with Gasteiger partial charge in [-0.1, -0.05) is 78.9 Å². The van der Waals surface area contributed by atoms with Gasteiger partial charge in [-0.3, -0.25) is 9.59 Å². The quantitative estimate of drug-likeness (QED) is 0.218. The van der Waals surface area contributed by atoms with Gasteiger partial charge in [0.25, 0.3) is 0 Å². The molecule has 0 saturated carbocycles. The highest BCUT2D eigenvalue weighted by Gasteiger charge is 2.51. The van der Waals surface area contributed by atoms with E-state index in [2.05, 4.69) is 77.7 Å². The molecule has 5 nitrogen and oxygen atoms in total. The molecular formula is C34H40N2O3. The van der Waals surface area contributed by atoms with E-state index in [4.69, 9.17) is 4.74 Å². The highest BCUT2D eigenvalue weighted by molar-refractivity contribution is 6.10. The normalized spacial score (nSPS) is 19.7. The Morgan fingerprint density at radius 3 is 2.23 bits per heavy atom. The van der Waals surface area contributed by atoms with Gasteiger partial charge in [-0.05, 0) is 86.8 Å². The van der Waals surface area contributed by atoms with Crippen LogP contribution >= 0.6 is 0 Å². The zero-order valence-corrected chi connectivity index (χ0v) is 23.1. The van der Waals surface area contributed by atoms with Crippen molar-refractivity contribution >= 4 is 17.6 Å². The number of esters is 1. The molecule has 0 radical (unpaired) electrons. The van der Waals surface area contributed by atoms with Crippen molar-refractivity contribution in [2.45, 2.75) is 56.8 Å². The lowest BCUT2D eigenvalue weighted by molar-refractivity contribution is -0.141. The lowest BCUT2D eigenvalue weighted by atomic mass is 9.72. The number of anilines is 1. The third-order valence-corrected chi connectivity index (χ3v) is 8.52. The summed E-state index contributed by atoms with van der Waals surface area (Å²) in [7, 11) is 0. The molecule has 2 heterocycles. The van der Waals surface area contributed by atoms with Crippen molar-refractivity contribution in [3.63, 3.8) is 0 Å². The molecule has 0 aliphatic carbocycles. The van der Waals surface area contributed by atoms with Crippen LogP contribution in [0.1, 0.15) is 68.1 Å². The van der Waals surface area contributed by atoms with E-state index in [0.717, 1.165) is 75.0 Å². The van der Waals surface area contributed by atoms with Crippen LogP contribution in [0.2, 0.25) is 0 Å². The number of piperidine rings is 1. The van der Waals surface area contributed by atoms with Gasteiger partial charge in [0, 0.05) is 19.2 Å². The molecule has 0 N–H and O–H groups in total. The first kappa shape index (κ1) is 27.1. The maximum absolute atomic E-state index is 14.4. The van der Waals surface area contributed by atoms with Crippen LogP contribution in [0.4, 0.5) is 5.69 Å². The van der Waals surface area contributed by atoms with E-state index in [1.165, 1.54) is 12.5 Å². The average Bonchev–Trinajstić information content (AvgIpc) is 3.22. The zero-order chi connectivity index (χ0) is 27.1. The van der Waals surface area contributed by atoms with E-state index >= 15 is 0 Å². The number of para-hydroxylation sites is 1. The van der Waals surface area contributed by atoms with Crippen molar-refractivity contribution in [2.24, 2.45) is 0 Å². The van der Waals surface area contributed by atoms with Gasteiger partial charge in [0.05, 0.1) is 6.61 Å². The molecule has 1 unspecified atom stereocenters. The minimum Gasteiger partial charge on any atom is -0.466 e. The van der Waals surface area contributed by atoms with E-state index in [1.807, 2.05) is 17.0 Å². The molecule has 1 saturated heterocycles. The monoisotopic (exact) mass is 524 g/mol. The van der Waals surface area contributed by atoms with Crippen molar-refractivity contribution in [3.8, 4) is 0 Å². The largest absolute Gasteiger partial charge is 0.466 e. The van der Waals surface area contributed by atoms with Gasteiger partial charge in [-0.15, -0.1) is 0 Å². The Bertz CT molecular complexity index is 1240. The predicted molar refractivity (Wildman–Crippen MR) is 156 cm³/mol. The Morgan fingerprint density at radius 2 is 1.51 bits per heavy atom. The number of rotatable bonds is 11. The number of ether oxygens (including phenoxy) is 1. The summed E-state index contributed by atoms with van der Waals surface area (Å²) in [6.45, 7) is 5.57. The lowest BCUT2D eigenvalue weighted by Gasteiger charge is -2.36. The highest BCUT2D eigenvalue weighted by Crippen LogP contribution is 2.48. The van der Waals surface area contributed by atoms with Crippen LogP contribution in [-0.2, 0) is 19.7 Å². The summed E-state index contributed by atoms with van der Waals surface area (Å²) in [5, 5.41) is 0. The predicted octanol–water partition coefficient (Wildman–Crippen LogP) is 6.32. The first-order chi connectivity index (χ1) is 19.1. The maximum atomic E-state index is 14.4. The number of likely N-dealkylation sites (tertiary alicyclic amines) is 1. The van der Waals surface area contributed by atoms with Crippen LogP contribution in [-0.4, -0.2) is 49.6 Å². The Kier molecular flexibility index (Phi) is 8.77. The van der Waals surface area contributed by atoms with Crippen LogP contribution < -0.4 is 4.90 Å². The van der Waals surface area contributed by atoms with Crippen molar-refractivity contribution in [1.82, 2.24) is 4.90 Å². The van der Waals surface area contributed by atoms with Crippen molar-refractivity contribution in [1.29, 1.82) is 0 Å². The number of carbonyl (C=O) groups excluding carboxylic acids is 2. The standard InChI is InChI=1S/C34H40N2O3/c1-27(37)39-26-12-4-11-22-36-32-18-10-9-17-31(32)34(33(36)38,30-15-7-3-8-16-30)21-25-35-23-19-29(20-24-35)28-13-5-2-6-14-28/h2-3,5-10,13-18,29H,4,11-12,19-26H2,1H3. The first-order valence-electron chi connectivity index (χ1n) is 14.5. The number of carbonyl (C=O) groups is 2. The molecule has 0 spiro atoms. The van der Waals surface area contributed by atoms with Gasteiger partial charge in [-0.25, -0.2) is 0 Å². The Hall–Kier alpha value is -3.44. The van der Waals surface area contributed by atoms with Gasteiger partial charge in [0.2, 0.25) is 5.91 Å². The summed E-state index contributed by atoms with van der Waals surface area (Å²) < 4.78 is 5.08. The van der Waals surface area contributed by atoms with Crippen LogP contribution in [0.3, 0.4) is 0 Å². The SMILES string of the molecule is CC(=O)OCCCCCN1C(=O)C(CCN2CCC(c3ccccc3)CC2)(c2ccccc2)c2ccccc21. The molecule has 39 heavy (non-hydrogen) atoms. The van der Waals surface area contributed by atoms with Crippen LogP contribution in [0.5, 0.6) is 0 Å². The Morgan fingerprint density at radius 1 is 0.846 bits per heavy atom. The van der Waals surface area contributed by atoms with Crippen LogP contribution in [0.15, 0.2) is 84.9 Å². The second-order valence-corrected chi connectivity index (χ2v) is 10.9. The minimum atomic E-state index is -0.675. The number of hydrogen-bond acceptors (Lipinski definition) is 4. The van der Waals surface area contributed by atoms with E-state index < -0.39 is 5.41 Å². The topological polar surface area (TPSA) is 49.9 Å². The molecule has 0 bridgehead atoms. The minimum absolute atomic E-state index is 0.189. The van der Waals surface area contributed by atoms with Crippen molar-refractivity contribution in [3.05, 3.63) is 102 Å². The fraction of sp³-hybridized carbons (Fsp3) is 0.412. The molecule has 5 heteroatoms. The number of nitrogens with zero attached hydrogens (tertiary/aromatic N) is 2. The average molecular weight is 525 g/mol. The summed E-state index contributed by atoms with van der Waals surface area (Å²) in [6.07, 6.45) is 5.68. The molecule has 3 aromatic carbocycles. The van der Waals surface area contributed by atoms with Gasteiger partial charge in [-0.2, -0.15) is 0 Å². The fourth-order valence-electron chi connectivity index (χ4n) is 6.44. The molecule has 0 aromatic heterocycles. The summed E-state index contributed by atoms with van der Waals surface area (Å²) in [6, 6.07) is 29.6. The molecule has 2 aliphatic rings. The Labute approximate surface area is 232 Å². The second-order valence-electron chi connectivity index (χ2n) is 10.9. The summed E-state index contributed by atoms with van der Waals surface area (Å²) >= 11 is 0. The number of hydrogen-bond donors (Lipinski definition) is 0. The van der Waals surface area contributed by atoms with Gasteiger partial charge in [0.1, 0.15) is 5.41 Å². The van der Waals surface area contributed by atoms with Gasteiger partial charge < -0.3 is 14.5 Å². The maximum Gasteiger partial charge on any atom is 0.302 e. The molecule has 3 aromatic rings. The van der Waals surface area contributed by atoms with Crippen LogP contribution in [0, 0.1) is 0 Å². The number of benzene rings is 3. The van der Waals surface area contributed by atoms with E-state index in [0.29, 0.717) is 19.1 Å². The van der Waals surface area contributed by atoms with Crippen molar-refractivity contribution < 1.29 is 14.3 Å². The number of amides is 1. The Balaban J connectivity index is 1.31. The van der Waals surface area contributed by atoms with E-state index in [1.54, 1.807) is 0 Å². The van der Waals surface area contributed by atoms with E-state index in [-0.39, 0.29) is 11.9 Å². The van der Waals surface area contributed by atoms with Gasteiger partial charge in [0.15, 0.2) is 0 Å². The third-order valence-electron chi connectivity index (χ3n) is 8.52. The lowest BCUT2D eigenvalue weighted by Crippen LogP contribution is -2.45. The molecule has 5 rings (SSSR count). The summed E-state index contributed by atoms with van der Waals surface area (Å²) in [4.78, 5) is 30.1. The molecule has 204 valence electrons. The first-order valence-corrected chi connectivity index (χ1v) is 14.5. The third kappa shape index (κ3) is 5.94. The molecule has 1 amide bonds. The molecule has 1 atom stereocenters. The van der Waals surface area contributed by atoms with E-state index in [9.17, 15) is 9.59 Å². The number of fused-ring (bicyclic) bond motifs is 1. The fourth-order valence-corrected chi connectivity index (χ4v) is 6.44. The second kappa shape index (κ2) is 12.6. The molecule has 1 fully saturated rings. The smallest absolute Gasteiger partial charge is 0.302 e. The van der Waals surface area contributed by atoms with Crippen molar-refractivity contribution in [2.75, 3.05) is 37.7 Å². The van der Waals surface area contributed by atoms with Crippen LogP contribution in [0.25, 0.3) is 0 Å². The number of unbranched alkanes of at least 4 members (excludes halogenated alkanes) is 2. The highest BCUT2D eigenvalue weighted by atomic mass is 16.5.